The van der Waals surface area contributed by atoms with Crippen LogP contribution in [-0.2, 0) is 11.2 Å². The van der Waals surface area contributed by atoms with E-state index in [2.05, 4.69) is 22.9 Å². The molecule has 0 radical (unpaired) electrons. The van der Waals surface area contributed by atoms with Crippen LogP contribution in [0.3, 0.4) is 0 Å². The Morgan fingerprint density at radius 1 is 0.957 bits per heavy atom. The zero-order chi connectivity index (χ0) is 16.8. The minimum Gasteiger partial charge on any atom is -0.326 e. The average Bonchev–Trinajstić information content (AvgIpc) is 2.49. The number of hydrogen-bond acceptors (Lipinski definition) is 2. The van der Waals surface area contributed by atoms with Gasteiger partial charge in [0.1, 0.15) is 0 Å². The topological polar surface area (TPSA) is 70.2 Å². The minimum absolute atomic E-state index is 0.154. The Kier molecular flexibility index (Phi) is 5.36. The SMILES string of the molecule is CCc1cccc(C)c1NC(=O)Nc1cccc(NC(C)=O)c1. The summed E-state index contributed by atoms with van der Waals surface area (Å²) in [7, 11) is 0. The lowest BCUT2D eigenvalue weighted by molar-refractivity contribution is -0.114. The Bertz CT molecular complexity index is 726. The molecular weight excluding hydrogens is 290 g/mol. The van der Waals surface area contributed by atoms with Gasteiger partial charge in [0.15, 0.2) is 0 Å². The molecule has 0 aliphatic rings. The molecule has 120 valence electrons. The number of carbonyl (C=O) groups excluding carboxylic acids is 2. The maximum absolute atomic E-state index is 12.2. The lowest BCUT2D eigenvalue weighted by Gasteiger charge is -2.14. The Morgan fingerprint density at radius 2 is 1.61 bits per heavy atom. The van der Waals surface area contributed by atoms with Crippen LogP contribution in [0.5, 0.6) is 0 Å². The predicted molar refractivity (Wildman–Crippen MR) is 93.9 cm³/mol. The molecule has 0 heterocycles. The van der Waals surface area contributed by atoms with Crippen molar-refractivity contribution in [3.8, 4) is 0 Å². The standard InChI is InChI=1S/C18H21N3O2/c1-4-14-8-5-7-12(2)17(14)21-18(23)20-16-10-6-9-15(11-16)19-13(3)22/h5-11H,4H2,1-3H3,(H,19,22)(H2,20,21,23). The molecule has 0 aliphatic carbocycles. The third kappa shape index (κ3) is 4.57. The summed E-state index contributed by atoms with van der Waals surface area (Å²) in [5.41, 5.74) is 4.20. The van der Waals surface area contributed by atoms with Gasteiger partial charge < -0.3 is 16.0 Å². The van der Waals surface area contributed by atoms with Gasteiger partial charge in [-0.15, -0.1) is 0 Å². The third-order valence-corrected chi connectivity index (χ3v) is 3.42. The van der Waals surface area contributed by atoms with Gasteiger partial charge in [-0.3, -0.25) is 4.79 Å². The molecular formula is C18H21N3O2. The zero-order valence-corrected chi connectivity index (χ0v) is 13.6. The first-order valence-electron chi connectivity index (χ1n) is 7.53. The fourth-order valence-corrected chi connectivity index (χ4v) is 2.36. The summed E-state index contributed by atoms with van der Waals surface area (Å²) >= 11 is 0. The van der Waals surface area contributed by atoms with Crippen LogP contribution in [0.15, 0.2) is 42.5 Å². The van der Waals surface area contributed by atoms with Gasteiger partial charge in [0, 0.05) is 24.0 Å². The molecule has 0 atom stereocenters. The quantitative estimate of drug-likeness (QED) is 0.793. The van der Waals surface area contributed by atoms with E-state index in [-0.39, 0.29) is 11.9 Å². The van der Waals surface area contributed by atoms with Crippen molar-refractivity contribution >= 4 is 29.0 Å². The summed E-state index contributed by atoms with van der Waals surface area (Å²) in [4.78, 5) is 23.3. The number of anilines is 3. The molecule has 0 fully saturated rings. The van der Waals surface area contributed by atoms with Crippen molar-refractivity contribution in [2.24, 2.45) is 0 Å². The van der Waals surface area contributed by atoms with Gasteiger partial charge in [0.05, 0.1) is 0 Å². The largest absolute Gasteiger partial charge is 0.326 e. The molecule has 5 nitrogen and oxygen atoms in total. The van der Waals surface area contributed by atoms with Crippen LogP contribution in [0.25, 0.3) is 0 Å². The van der Waals surface area contributed by atoms with Gasteiger partial charge in [-0.1, -0.05) is 31.2 Å². The lowest BCUT2D eigenvalue weighted by Crippen LogP contribution is -2.21. The van der Waals surface area contributed by atoms with Crippen molar-refractivity contribution in [1.29, 1.82) is 0 Å². The second-order valence-corrected chi connectivity index (χ2v) is 5.30. The van der Waals surface area contributed by atoms with Crippen LogP contribution >= 0.6 is 0 Å². The molecule has 0 aliphatic heterocycles. The molecule has 0 aromatic heterocycles. The average molecular weight is 311 g/mol. The Labute approximate surface area is 136 Å². The van der Waals surface area contributed by atoms with E-state index in [0.29, 0.717) is 11.4 Å². The highest BCUT2D eigenvalue weighted by Crippen LogP contribution is 2.22. The Balaban J connectivity index is 2.10. The fourth-order valence-electron chi connectivity index (χ4n) is 2.36. The van der Waals surface area contributed by atoms with Crippen molar-refractivity contribution in [1.82, 2.24) is 0 Å². The van der Waals surface area contributed by atoms with Gasteiger partial charge in [0.2, 0.25) is 5.91 Å². The van der Waals surface area contributed by atoms with Crippen molar-refractivity contribution in [3.05, 3.63) is 53.6 Å². The monoisotopic (exact) mass is 311 g/mol. The summed E-state index contributed by atoms with van der Waals surface area (Å²) < 4.78 is 0. The van der Waals surface area contributed by atoms with E-state index in [1.807, 2.05) is 25.1 Å². The molecule has 5 heteroatoms. The maximum atomic E-state index is 12.2. The van der Waals surface area contributed by atoms with Crippen molar-refractivity contribution in [2.45, 2.75) is 27.2 Å². The number of para-hydroxylation sites is 1. The number of rotatable bonds is 4. The first-order valence-corrected chi connectivity index (χ1v) is 7.53. The number of aryl methyl sites for hydroxylation is 2. The number of hydrogen-bond donors (Lipinski definition) is 3. The first-order chi connectivity index (χ1) is 11.0. The second-order valence-electron chi connectivity index (χ2n) is 5.30. The highest BCUT2D eigenvalue weighted by atomic mass is 16.2. The highest BCUT2D eigenvalue weighted by molar-refractivity contribution is 6.01. The van der Waals surface area contributed by atoms with Crippen molar-refractivity contribution in [3.63, 3.8) is 0 Å². The van der Waals surface area contributed by atoms with Crippen molar-refractivity contribution in [2.75, 3.05) is 16.0 Å². The molecule has 0 bridgehead atoms. The normalized spacial score (nSPS) is 10.0. The highest BCUT2D eigenvalue weighted by Gasteiger charge is 2.09. The summed E-state index contributed by atoms with van der Waals surface area (Å²) in [5, 5.41) is 8.37. The summed E-state index contributed by atoms with van der Waals surface area (Å²) in [6.07, 6.45) is 0.843. The number of amides is 3. The number of carbonyl (C=O) groups is 2. The molecule has 2 aromatic carbocycles. The van der Waals surface area contributed by atoms with Gasteiger partial charge in [0.25, 0.3) is 0 Å². The van der Waals surface area contributed by atoms with Gasteiger partial charge in [-0.25, -0.2) is 4.79 Å². The van der Waals surface area contributed by atoms with Crippen LogP contribution in [0.1, 0.15) is 25.0 Å². The van der Waals surface area contributed by atoms with Gasteiger partial charge in [-0.05, 0) is 42.7 Å². The zero-order valence-electron chi connectivity index (χ0n) is 13.6. The van der Waals surface area contributed by atoms with Crippen LogP contribution in [-0.4, -0.2) is 11.9 Å². The summed E-state index contributed by atoms with van der Waals surface area (Å²) in [6, 6.07) is 12.6. The molecule has 3 N–H and O–H groups in total. The first kappa shape index (κ1) is 16.5. The Morgan fingerprint density at radius 3 is 2.26 bits per heavy atom. The van der Waals surface area contributed by atoms with E-state index < -0.39 is 0 Å². The van der Waals surface area contributed by atoms with Crippen LogP contribution < -0.4 is 16.0 Å². The van der Waals surface area contributed by atoms with E-state index in [1.54, 1.807) is 24.3 Å². The molecule has 3 amide bonds. The molecule has 2 rings (SSSR count). The van der Waals surface area contributed by atoms with E-state index in [0.717, 1.165) is 23.2 Å². The van der Waals surface area contributed by atoms with E-state index in [1.165, 1.54) is 6.92 Å². The van der Waals surface area contributed by atoms with Gasteiger partial charge in [-0.2, -0.15) is 0 Å². The summed E-state index contributed by atoms with van der Waals surface area (Å²) in [6.45, 7) is 5.46. The Hall–Kier alpha value is -2.82. The van der Waals surface area contributed by atoms with Crippen LogP contribution in [0, 0.1) is 6.92 Å². The number of nitrogens with one attached hydrogen (secondary N) is 3. The van der Waals surface area contributed by atoms with Crippen LogP contribution in [0.2, 0.25) is 0 Å². The minimum atomic E-state index is -0.311. The maximum Gasteiger partial charge on any atom is 0.323 e. The molecule has 0 saturated carbocycles. The van der Waals surface area contributed by atoms with Crippen molar-refractivity contribution < 1.29 is 9.59 Å². The second kappa shape index (κ2) is 7.45. The lowest BCUT2D eigenvalue weighted by atomic mass is 10.1. The summed E-state index contributed by atoms with van der Waals surface area (Å²) in [5.74, 6) is -0.154. The van der Waals surface area contributed by atoms with E-state index in [9.17, 15) is 9.59 Å². The molecule has 23 heavy (non-hydrogen) atoms. The number of benzene rings is 2. The van der Waals surface area contributed by atoms with E-state index >= 15 is 0 Å². The molecule has 0 spiro atoms. The van der Waals surface area contributed by atoms with E-state index in [4.69, 9.17) is 0 Å². The third-order valence-electron chi connectivity index (χ3n) is 3.42. The fraction of sp³-hybridized carbons (Fsp3) is 0.222. The molecule has 0 saturated heterocycles. The predicted octanol–water partition coefficient (Wildman–Crippen LogP) is 4.16. The number of urea groups is 1. The smallest absolute Gasteiger partial charge is 0.323 e. The van der Waals surface area contributed by atoms with Gasteiger partial charge >= 0.3 is 6.03 Å². The molecule has 0 unspecified atom stereocenters. The molecule has 2 aromatic rings. The van der Waals surface area contributed by atoms with Crippen LogP contribution in [0.4, 0.5) is 21.9 Å².